The number of carbonyl (C=O) groups is 4. The fourth-order valence-electron chi connectivity index (χ4n) is 3.04. The molecule has 0 saturated carbocycles. The van der Waals surface area contributed by atoms with Crippen LogP contribution in [0.25, 0.3) is 0 Å². The van der Waals surface area contributed by atoms with E-state index in [4.69, 9.17) is 15.2 Å². The van der Waals surface area contributed by atoms with Crippen LogP contribution in [0.3, 0.4) is 0 Å². The summed E-state index contributed by atoms with van der Waals surface area (Å²) < 4.78 is 10.7. The Bertz CT molecular complexity index is 661. The van der Waals surface area contributed by atoms with Gasteiger partial charge >= 0.3 is 0 Å². The highest BCUT2D eigenvalue weighted by Crippen LogP contribution is 2.13. The lowest BCUT2D eigenvalue weighted by atomic mass is 10.1. The molecule has 1 unspecified atom stereocenters. The molecule has 0 saturated heterocycles. The van der Waals surface area contributed by atoms with Crippen LogP contribution in [0.5, 0.6) is 0 Å². The number of nitrogens with zero attached hydrogens (tertiary/aromatic N) is 1. The van der Waals surface area contributed by atoms with Gasteiger partial charge in [0.2, 0.25) is 11.8 Å². The quantitative estimate of drug-likeness (QED) is 0.235. The molecule has 0 fully saturated rings. The van der Waals surface area contributed by atoms with Gasteiger partial charge in [0.15, 0.2) is 0 Å². The number of nitrogens with two attached hydrogens (primary N) is 1. The number of primary amides is 1. The first-order valence-corrected chi connectivity index (χ1v) is 10.9. The van der Waals surface area contributed by atoms with Crippen LogP contribution in [0, 0.1) is 0 Å². The van der Waals surface area contributed by atoms with Crippen LogP contribution in [0.15, 0.2) is 24.4 Å². The summed E-state index contributed by atoms with van der Waals surface area (Å²) in [6, 6.07) is -0.342. The zero-order valence-electron chi connectivity index (χ0n) is 18.9. The molecule has 32 heavy (non-hydrogen) atoms. The standard InChI is InChI=1S/C22H36N4O6/c1-17-8-9-21(29)26(17)12-10-18(27)6-5-13-31-14-15-32-16-20(28)25-11-4-3-7-19(24-2)22(23)30/h8-9,19,24H,1,3-7,10-16H2,2H3,(H2,23,30)(H,25,28). The number of unbranched alkanes of at least 4 members (excludes halogenated alkanes) is 1. The number of rotatable bonds is 19. The van der Waals surface area contributed by atoms with Gasteiger partial charge in [-0.15, -0.1) is 0 Å². The summed E-state index contributed by atoms with van der Waals surface area (Å²) in [5.41, 5.74) is 5.86. The second-order valence-corrected chi connectivity index (χ2v) is 7.46. The van der Waals surface area contributed by atoms with E-state index in [0.717, 1.165) is 12.8 Å². The Labute approximate surface area is 189 Å². The van der Waals surface area contributed by atoms with Crippen LogP contribution in [0.4, 0.5) is 0 Å². The average Bonchev–Trinajstić information content (AvgIpc) is 3.08. The molecular weight excluding hydrogens is 416 g/mol. The first kappa shape index (κ1) is 27.5. The van der Waals surface area contributed by atoms with E-state index in [1.165, 1.54) is 11.0 Å². The van der Waals surface area contributed by atoms with Crippen molar-refractivity contribution in [1.82, 2.24) is 15.5 Å². The molecular formula is C22H36N4O6. The topological polar surface area (TPSA) is 140 Å². The van der Waals surface area contributed by atoms with Gasteiger partial charge in [-0.25, -0.2) is 0 Å². The summed E-state index contributed by atoms with van der Waals surface area (Å²) in [5, 5.41) is 5.60. The molecule has 0 spiro atoms. The Hall–Kier alpha value is -2.56. The second kappa shape index (κ2) is 16.1. The lowest BCUT2D eigenvalue weighted by Crippen LogP contribution is -2.39. The Morgan fingerprint density at radius 1 is 1.09 bits per heavy atom. The summed E-state index contributed by atoms with van der Waals surface area (Å²) in [7, 11) is 1.69. The predicted molar refractivity (Wildman–Crippen MR) is 119 cm³/mol. The number of hydrogen-bond acceptors (Lipinski definition) is 7. The number of ketones is 1. The molecule has 0 bridgehead atoms. The Balaban J connectivity index is 1.90. The van der Waals surface area contributed by atoms with E-state index in [1.807, 2.05) is 0 Å². The van der Waals surface area contributed by atoms with E-state index >= 15 is 0 Å². The monoisotopic (exact) mass is 452 g/mol. The SMILES string of the molecule is C=C1C=CC(=O)N1CCC(=O)CCCOCCOCC(=O)NCCCCC(NC)C(N)=O. The van der Waals surface area contributed by atoms with E-state index in [-0.39, 0.29) is 42.8 Å². The van der Waals surface area contributed by atoms with E-state index < -0.39 is 0 Å². The zero-order chi connectivity index (χ0) is 23.8. The van der Waals surface area contributed by atoms with Gasteiger partial charge in [0, 0.05) is 44.3 Å². The summed E-state index contributed by atoms with van der Waals surface area (Å²) >= 11 is 0. The predicted octanol–water partition coefficient (Wildman–Crippen LogP) is 0.0309. The molecule has 180 valence electrons. The van der Waals surface area contributed by atoms with Crippen molar-refractivity contribution in [3.63, 3.8) is 0 Å². The molecule has 0 aromatic rings. The lowest BCUT2D eigenvalue weighted by Gasteiger charge is -2.16. The minimum absolute atomic E-state index is 0.0440. The first-order valence-electron chi connectivity index (χ1n) is 10.9. The number of Topliss-reactive ketones (excluding diaryl/α,β-unsaturated/α-hetero) is 1. The fraction of sp³-hybridized carbons (Fsp3) is 0.636. The van der Waals surface area contributed by atoms with Crippen molar-refractivity contribution in [1.29, 1.82) is 0 Å². The van der Waals surface area contributed by atoms with Crippen molar-refractivity contribution >= 4 is 23.5 Å². The molecule has 3 amide bonds. The van der Waals surface area contributed by atoms with Crippen molar-refractivity contribution in [3.8, 4) is 0 Å². The molecule has 10 heteroatoms. The zero-order valence-corrected chi connectivity index (χ0v) is 18.9. The van der Waals surface area contributed by atoms with Crippen LogP contribution in [-0.4, -0.2) is 81.0 Å². The largest absolute Gasteiger partial charge is 0.379 e. The third kappa shape index (κ3) is 11.7. The van der Waals surface area contributed by atoms with Gasteiger partial charge < -0.3 is 30.7 Å². The normalized spacial score (nSPS) is 14.1. The summed E-state index contributed by atoms with van der Waals surface area (Å²) in [6.45, 7) is 5.63. The Morgan fingerprint density at radius 3 is 2.50 bits per heavy atom. The molecule has 1 aliphatic rings. The summed E-state index contributed by atoms with van der Waals surface area (Å²) in [5.74, 6) is -0.642. The first-order chi connectivity index (χ1) is 15.3. The number of amides is 3. The van der Waals surface area contributed by atoms with Gasteiger partial charge in [-0.1, -0.05) is 6.58 Å². The van der Waals surface area contributed by atoms with Gasteiger partial charge in [0.1, 0.15) is 12.4 Å². The molecule has 10 nitrogen and oxygen atoms in total. The van der Waals surface area contributed by atoms with E-state index in [1.54, 1.807) is 13.1 Å². The molecule has 1 atom stereocenters. The number of allylic oxidation sites excluding steroid dienone is 1. The molecule has 1 aliphatic heterocycles. The average molecular weight is 453 g/mol. The van der Waals surface area contributed by atoms with Gasteiger partial charge in [-0.3, -0.25) is 19.2 Å². The van der Waals surface area contributed by atoms with Crippen molar-refractivity contribution < 1.29 is 28.7 Å². The Morgan fingerprint density at radius 2 is 1.84 bits per heavy atom. The highest BCUT2D eigenvalue weighted by molar-refractivity contribution is 5.93. The van der Waals surface area contributed by atoms with E-state index in [2.05, 4.69) is 17.2 Å². The third-order valence-corrected chi connectivity index (χ3v) is 4.93. The van der Waals surface area contributed by atoms with E-state index in [9.17, 15) is 19.2 Å². The molecule has 0 radical (unpaired) electrons. The van der Waals surface area contributed by atoms with Crippen LogP contribution < -0.4 is 16.4 Å². The van der Waals surface area contributed by atoms with Crippen molar-refractivity contribution in [2.24, 2.45) is 5.73 Å². The highest BCUT2D eigenvalue weighted by atomic mass is 16.5. The van der Waals surface area contributed by atoms with Gasteiger partial charge in [-0.05, 0) is 38.8 Å². The van der Waals surface area contributed by atoms with Crippen LogP contribution in [-0.2, 0) is 28.7 Å². The van der Waals surface area contributed by atoms with Gasteiger partial charge in [-0.2, -0.15) is 0 Å². The second-order valence-electron chi connectivity index (χ2n) is 7.46. The van der Waals surface area contributed by atoms with Crippen molar-refractivity contribution in [2.75, 3.05) is 46.6 Å². The minimum Gasteiger partial charge on any atom is -0.379 e. The smallest absolute Gasteiger partial charge is 0.251 e. The summed E-state index contributed by atoms with van der Waals surface area (Å²) in [6.07, 6.45) is 6.52. The maximum absolute atomic E-state index is 11.9. The lowest BCUT2D eigenvalue weighted by molar-refractivity contribution is -0.127. The molecule has 0 aromatic heterocycles. The van der Waals surface area contributed by atoms with Gasteiger partial charge in [0.05, 0.1) is 19.3 Å². The van der Waals surface area contributed by atoms with Crippen molar-refractivity contribution in [3.05, 3.63) is 24.4 Å². The molecule has 4 N–H and O–H groups in total. The minimum atomic E-state index is -0.377. The van der Waals surface area contributed by atoms with Crippen LogP contribution in [0.1, 0.15) is 38.5 Å². The fourth-order valence-corrected chi connectivity index (χ4v) is 3.04. The number of hydrogen-bond donors (Lipinski definition) is 3. The Kier molecular flexibility index (Phi) is 13.8. The highest BCUT2D eigenvalue weighted by Gasteiger charge is 2.19. The molecule has 0 aliphatic carbocycles. The summed E-state index contributed by atoms with van der Waals surface area (Å²) in [4.78, 5) is 47.7. The molecule has 0 aromatic carbocycles. The number of nitrogens with one attached hydrogen (secondary N) is 2. The van der Waals surface area contributed by atoms with Gasteiger partial charge in [0.25, 0.3) is 5.91 Å². The maximum atomic E-state index is 11.9. The maximum Gasteiger partial charge on any atom is 0.251 e. The third-order valence-electron chi connectivity index (χ3n) is 4.93. The number of carbonyl (C=O) groups excluding carboxylic acids is 4. The van der Waals surface area contributed by atoms with E-state index in [0.29, 0.717) is 57.7 Å². The van der Waals surface area contributed by atoms with Crippen molar-refractivity contribution in [2.45, 2.75) is 44.6 Å². The number of ether oxygens (including phenoxy) is 2. The van der Waals surface area contributed by atoms with Crippen LogP contribution in [0.2, 0.25) is 0 Å². The molecule has 1 rings (SSSR count). The number of likely N-dealkylation sites (N-methyl/N-ethyl adjacent to an activating group) is 1. The molecule has 1 heterocycles. The van der Waals surface area contributed by atoms with Crippen LogP contribution >= 0.6 is 0 Å².